The van der Waals surface area contributed by atoms with E-state index in [9.17, 15) is 8.42 Å². The Morgan fingerprint density at radius 3 is 2.50 bits per heavy atom. The van der Waals surface area contributed by atoms with Gasteiger partial charge < -0.3 is 0 Å². The third-order valence-electron chi connectivity index (χ3n) is 3.10. The zero-order valence-electron chi connectivity index (χ0n) is 11.0. The van der Waals surface area contributed by atoms with Crippen molar-refractivity contribution >= 4 is 9.84 Å². The van der Waals surface area contributed by atoms with E-state index in [1.54, 1.807) is 0 Å². The summed E-state index contributed by atoms with van der Waals surface area (Å²) in [5, 5.41) is 0. The van der Waals surface area contributed by atoms with E-state index in [4.69, 9.17) is 5.84 Å². The fraction of sp³-hybridized carbons (Fsp3) is 0.538. The first kappa shape index (κ1) is 15.1. The summed E-state index contributed by atoms with van der Waals surface area (Å²) in [4.78, 5) is 0. The molecular formula is C13H22N2O2S. The Labute approximate surface area is 109 Å². The van der Waals surface area contributed by atoms with E-state index in [0.29, 0.717) is 6.42 Å². The molecule has 0 spiro atoms. The summed E-state index contributed by atoms with van der Waals surface area (Å²) < 4.78 is 22.2. The van der Waals surface area contributed by atoms with Gasteiger partial charge in [0.1, 0.15) is 9.84 Å². The highest BCUT2D eigenvalue weighted by Crippen LogP contribution is 2.12. The van der Waals surface area contributed by atoms with Gasteiger partial charge in [-0.15, -0.1) is 0 Å². The summed E-state index contributed by atoms with van der Waals surface area (Å²) in [6, 6.07) is 8.25. The van der Waals surface area contributed by atoms with Crippen LogP contribution in [0.3, 0.4) is 0 Å². The third kappa shape index (κ3) is 5.62. The summed E-state index contributed by atoms with van der Waals surface area (Å²) in [6.07, 6.45) is 3.56. The van der Waals surface area contributed by atoms with E-state index in [1.807, 2.05) is 12.1 Å². The lowest BCUT2D eigenvalue weighted by Crippen LogP contribution is -2.36. The van der Waals surface area contributed by atoms with Gasteiger partial charge in [-0.1, -0.05) is 24.3 Å². The first-order valence-electron chi connectivity index (χ1n) is 6.11. The molecule has 0 fully saturated rings. The maximum atomic E-state index is 11.1. The molecular weight excluding hydrogens is 248 g/mol. The molecule has 18 heavy (non-hydrogen) atoms. The Bertz CT molecular complexity index is 472. The quantitative estimate of drug-likeness (QED) is 0.577. The largest absolute Gasteiger partial charge is 0.271 e. The second-order valence-electron chi connectivity index (χ2n) is 4.75. The minimum atomic E-state index is -2.92. The minimum Gasteiger partial charge on any atom is -0.271 e. The summed E-state index contributed by atoms with van der Waals surface area (Å²) in [7, 11) is -2.92. The number of sulfone groups is 1. The van der Waals surface area contributed by atoms with E-state index in [1.165, 1.54) is 17.4 Å². The number of hydrogen-bond acceptors (Lipinski definition) is 4. The average molecular weight is 270 g/mol. The number of rotatable bonds is 7. The number of hydrogen-bond donors (Lipinski definition) is 2. The van der Waals surface area contributed by atoms with Crippen LogP contribution in [-0.4, -0.2) is 26.5 Å². The van der Waals surface area contributed by atoms with Crippen LogP contribution in [0.1, 0.15) is 24.0 Å². The second-order valence-corrected chi connectivity index (χ2v) is 7.01. The Hall–Kier alpha value is -0.910. The molecule has 0 aliphatic heterocycles. The molecule has 4 nitrogen and oxygen atoms in total. The molecule has 0 aliphatic carbocycles. The van der Waals surface area contributed by atoms with Crippen molar-refractivity contribution < 1.29 is 8.42 Å². The van der Waals surface area contributed by atoms with Gasteiger partial charge in [0, 0.05) is 12.3 Å². The Morgan fingerprint density at radius 1 is 1.28 bits per heavy atom. The molecule has 3 N–H and O–H groups in total. The van der Waals surface area contributed by atoms with Gasteiger partial charge in [0.05, 0.1) is 5.75 Å². The lowest BCUT2D eigenvalue weighted by atomic mass is 10.0. The van der Waals surface area contributed by atoms with Gasteiger partial charge >= 0.3 is 0 Å². The molecule has 102 valence electrons. The zero-order valence-corrected chi connectivity index (χ0v) is 11.8. The van der Waals surface area contributed by atoms with Crippen LogP contribution in [0, 0.1) is 6.92 Å². The number of nitrogens with one attached hydrogen (secondary N) is 1. The minimum absolute atomic E-state index is 0.0410. The van der Waals surface area contributed by atoms with Crippen molar-refractivity contribution in [2.24, 2.45) is 5.84 Å². The van der Waals surface area contributed by atoms with Crippen molar-refractivity contribution in [2.45, 2.75) is 32.2 Å². The van der Waals surface area contributed by atoms with Crippen LogP contribution in [-0.2, 0) is 16.3 Å². The van der Waals surface area contributed by atoms with Crippen molar-refractivity contribution in [2.75, 3.05) is 12.0 Å². The van der Waals surface area contributed by atoms with Crippen LogP contribution in [0.5, 0.6) is 0 Å². The normalized spacial score (nSPS) is 13.5. The number of hydrazine groups is 1. The Kier molecular flexibility index (Phi) is 5.78. The van der Waals surface area contributed by atoms with Gasteiger partial charge in [-0.3, -0.25) is 11.3 Å². The van der Waals surface area contributed by atoms with Gasteiger partial charge in [0.15, 0.2) is 0 Å². The molecule has 0 radical (unpaired) electrons. The van der Waals surface area contributed by atoms with E-state index in [0.717, 1.165) is 12.8 Å². The fourth-order valence-electron chi connectivity index (χ4n) is 1.89. The highest BCUT2D eigenvalue weighted by molar-refractivity contribution is 7.90. The lowest BCUT2D eigenvalue weighted by Gasteiger charge is -2.15. The van der Waals surface area contributed by atoms with Crippen molar-refractivity contribution in [1.82, 2.24) is 5.43 Å². The van der Waals surface area contributed by atoms with E-state index >= 15 is 0 Å². The highest BCUT2D eigenvalue weighted by Gasteiger charge is 2.11. The monoisotopic (exact) mass is 270 g/mol. The van der Waals surface area contributed by atoms with Crippen LogP contribution >= 0.6 is 0 Å². The molecule has 1 atom stereocenters. The number of aryl methyl sites for hydroxylation is 2. The van der Waals surface area contributed by atoms with Crippen LogP contribution in [0.15, 0.2) is 24.3 Å². The van der Waals surface area contributed by atoms with Crippen LogP contribution in [0.2, 0.25) is 0 Å². The van der Waals surface area contributed by atoms with E-state index in [-0.39, 0.29) is 11.8 Å². The molecule has 0 aliphatic rings. The molecule has 0 saturated heterocycles. The lowest BCUT2D eigenvalue weighted by molar-refractivity contribution is 0.478. The first-order chi connectivity index (χ1) is 8.42. The average Bonchev–Trinajstić information content (AvgIpc) is 2.30. The summed E-state index contributed by atoms with van der Waals surface area (Å²) in [6.45, 7) is 2.08. The third-order valence-corrected chi connectivity index (χ3v) is 4.07. The number of benzene rings is 1. The summed E-state index contributed by atoms with van der Waals surface area (Å²) in [5.74, 6) is 5.64. The van der Waals surface area contributed by atoms with E-state index < -0.39 is 9.84 Å². The maximum absolute atomic E-state index is 11.1. The van der Waals surface area contributed by atoms with Gasteiger partial charge in [0.25, 0.3) is 0 Å². The van der Waals surface area contributed by atoms with Crippen molar-refractivity contribution in [1.29, 1.82) is 0 Å². The van der Waals surface area contributed by atoms with Crippen molar-refractivity contribution in [3.63, 3.8) is 0 Å². The molecule has 1 rings (SSSR count). The molecule has 0 bridgehead atoms. The van der Waals surface area contributed by atoms with Gasteiger partial charge in [-0.05, 0) is 37.3 Å². The Balaban J connectivity index is 2.47. The molecule has 0 saturated carbocycles. The zero-order chi connectivity index (χ0) is 13.6. The first-order valence-corrected chi connectivity index (χ1v) is 8.17. The molecule has 1 aromatic rings. The summed E-state index contributed by atoms with van der Waals surface area (Å²) >= 11 is 0. The molecule has 0 amide bonds. The molecule has 0 aromatic heterocycles. The smallest absolute Gasteiger partial charge is 0.147 e. The molecule has 1 unspecified atom stereocenters. The molecule has 5 heteroatoms. The van der Waals surface area contributed by atoms with Gasteiger partial charge in [-0.25, -0.2) is 8.42 Å². The van der Waals surface area contributed by atoms with Crippen molar-refractivity contribution in [3.8, 4) is 0 Å². The SMILES string of the molecule is Cc1ccccc1CCC(CCS(C)(=O)=O)NN. The standard InChI is InChI=1S/C13H22N2O2S/c1-11-5-3-4-6-12(11)7-8-13(15-14)9-10-18(2,16)17/h3-6,13,15H,7-10,14H2,1-2H3. The van der Waals surface area contributed by atoms with Crippen molar-refractivity contribution in [3.05, 3.63) is 35.4 Å². The predicted octanol–water partition coefficient (Wildman–Crippen LogP) is 1.19. The predicted molar refractivity (Wildman–Crippen MR) is 74.9 cm³/mol. The molecule has 0 heterocycles. The highest BCUT2D eigenvalue weighted by atomic mass is 32.2. The summed E-state index contributed by atoms with van der Waals surface area (Å²) in [5.41, 5.74) is 5.25. The fourth-order valence-corrected chi connectivity index (χ4v) is 2.60. The second kappa shape index (κ2) is 6.87. The maximum Gasteiger partial charge on any atom is 0.147 e. The number of nitrogens with two attached hydrogens (primary N) is 1. The van der Waals surface area contributed by atoms with Gasteiger partial charge in [-0.2, -0.15) is 0 Å². The van der Waals surface area contributed by atoms with Crippen LogP contribution in [0.25, 0.3) is 0 Å². The van der Waals surface area contributed by atoms with Crippen LogP contribution < -0.4 is 11.3 Å². The Morgan fingerprint density at radius 2 is 1.94 bits per heavy atom. The van der Waals surface area contributed by atoms with Crippen LogP contribution in [0.4, 0.5) is 0 Å². The topological polar surface area (TPSA) is 72.2 Å². The molecule has 1 aromatic carbocycles. The van der Waals surface area contributed by atoms with E-state index in [2.05, 4.69) is 24.5 Å². The van der Waals surface area contributed by atoms with Gasteiger partial charge in [0.2, 0.25) is 0 Å².